The third kappa shape index (κ3) is 5.74. The predicted octanol–water partition coefficient (Wildman–Crippen LogP) is 3.35. The standard InChI is InChI=1S/C14H23BrN2S/c1-17(14(10-16)7-4-8-18-2)11-12-5-3-6-13(15)9-12/h3,5-6,9,14H,4,7-8,10-11,16H2,1-2H3. The van der Waals surface area contributed by atoms with Crippen LogP contribution in [0.4, 0.5) is 0 Å². The SMILES string of the molecule is CSCCCC(CN)N(C)Cc1cccc(Br)c1. The van der Waals surface area contributed by atoms with Gasteiger partial charge in [-0.05, 0) is 49.6 Å². The van der Waals surface area contributed by atoms with Gasteiger partial charge in [-0.15, -0.1) is 0 Å². The van der Waals surface area contributed by atoms with Crippen LogP contribution in [0.15, 0.2) is 28.7 Å². The van der Waals surface area contributed by atoms with Gasteiger partial charge in [0.15, 0.2) is 0 Å². The minimum absolute atomic E-state index is 0.483. The Morgan fingerprint density at radius 2 is 2.22 bits per heavy atom. The summed E-state index contributed by atoms with van der Waals surface area (Å²) in [6.45, 7) is 1.69. The van der Waals surface area contributed by atoms with Crippen molar-refractivity contribution in [1.82, 2.24) is 4.90 Å². The van der Waals surface area contributed by atoms with Crippen LogP contribution in [0.25, 0.3) is 0 Å². The highest BCUT2D eigenvalue weighted by Gasteiger charge is 2.12. The molecule has 0 bridgehead atoms. The third-order valence-corrected chi connectivity index (χ3v) is 4.29. The molecule has 1 atom stereocenters. The summed E-state index contributed by atoms with van der Waals surface area (Å²) in [5, 5.41) is 0. The molecule has 0 amide bonds. The van der Waals surface area contributed by atoms with Gasteiger partial charge >= 0.3 is 0 Å². The van der Waals surface area contributed by atoms with Crippen molar-refractivity contribution >= 4 is 27.7 Å². The molecular formula is C14H23BrN2S. The smallest absolute Gasteiger partial charge is 0.0234 e. The van der Waals surface area contributed by atoms with E-state index in [1.54, 1.807) is 0 Å². The Hall–Kier alpha value is -0.0300. The molecule has 0 aliphatic rings. The zero-order chi connectivity index (χ0) is 13.4. The Morgan fingerprint density at radius 3 is 2.83 bits per heavy atom. The van der Waals surface area contributed by atoms with Crippen LogP contribution >= 0.6 is 27.7 Å². The molecule has 0 aromatic heterocycles. The molecule has 0 fully saturated rings. The first-order valence-corrected chi connectivity index (χ1v) is 8.49. The fourth-order valence-electron chi connectivity index (χ4n) is 2.03. The monoisotopic (exact) mass is 330 g/mol. The van der Waals surface area contributed by atoms with Crippen molar-refractivity contribution in [1.29, 1.82) is 0 Å². The lowest BCUT2D eigenvalue weighted by atomic mass is 10.1. The van der Waals surface area contributed by atoms with Gasteiger partial charge in [-0.2, -0.15) is 11.8 Å². The largest absolute Gasteiger partial charge is 0.329 e. The second-order valence-electron chi connectivity index (χ2n) is 4.57. The third-order valence-electron chi connectivity index (χ3n) is 3.10. The van der Waals surface area contributed by atoms with E-state index in [0.717, 1.165) is 17.6 Å². The summed E-state index contributed by atoms with van der Waals surface area (Å²) in [5.41, 5.74) is 7.21. The molecule has 2 N–H and O–H groups in total. The van der Waals surface area contributed by atoms with E-state index in [0.29, 0.717) is 6.04 Å². The van der Waals surface area contributed by atoms with E-state index in [1.807, 2.05) is 11.8 Å². The van der Waals surface area contributed by atoms with Crippen molar-refractivity contribution in [3.8, 4) is 0 Å². The number of likely N-dealkylation sites (N-methyl/N-ethyl adjacent to an activating group) is 1. The highest BCUT2D eigenvalue weighted by Crippen LogP contribution is 2.15. The first-order valence-electron chi connectivity index (χ1n) is 6.31. The average molecular weight is 331 g/mol. The predicted molar refractivity (Wildman–Crippen MR) is 86.1 cm³/mol. The van der Waals surface area contributed by atoms with Crippen molar-refractivity contribution in [2.75, 3.05) is 25.6 Å². The van der Waals surface area contributed by atoms with Gasteiger partial charge in [-0.1, -0.05) is 28.1 Å². The van der Waals surface area contributed by atoms with Crippen LogP contribution in [0.5, 0.6) is 0 Å². The number of thioether (sulfide) groups is 1. The fraction of sp³-hybridized carbons (Fsp3) is 0.571. The van der Waals surface area contributed by atoms with E-state index >= 15 is 0 Å². The van der Waals surface area contributed by atoms with Crippen molar-refractivity contribution in [3.63, 3.8) is 0 Å². The number of hydrogen-bond acceptors (Lipinski definition) is 3. The first kappa shape index (κ1) is 16.0. The fourth-order valence-corrected chi connectivity index (χ4v) is 2.94. The molecule has 1 aromatic carbocycles. The number of benzene rings is 1. The van der Waals surface area contributed by atoms with Gasteiger partial charge in [-0.25, -0.2) is 0 Å². The summed E-state index contributed by atoms with van der Waals surface area (Å²) >= 11 is 5.42. The quantitative estimate of drug-likeness (QED) is 0.741. The van der Waals surface area contributed by atoms with Crippen LogP contribution in [-0.2, 0) is 6.54 Å². The molecule has 0 saturated carbocycles. The maximum atomic E-state index is 5.88. The molecule has 1 rings (SSSR count). The zero-order valence-corrected chi connectivity index (χ0v) is 13.6. The van der Waals surface area contributed by atoms with Crippen LogP contribution < -0.4 is 5.73 Å². The lowest BCUT2D eigenvalue weighted by Gasteiger charge is -2.27. The molecule has 4 heteroatoms. The number of nitrogens with two attached hydrogens (primary N) is 1. The molecule has 0 spiro atoms. The molecule has 0 radical (unpaired) electrons. The summed E-state index contributed by atoms with van der Waals surface area (Å²) in [7, 11) is 2.16. The normalized spacial score (nSPS) is 12.9. The first-order chi connectivity index (χ1) is 8.67. The van der Waals surface area contributed by atoms with Crippen LogP contribution in [-0.4, -0.2) is 36.5 Å². The number of nitrogens with zero attached hydrogens (tertiary/aromatic N) is 1. The van der Waals surface area contributed by atoms with Crippen molar-refractivity contribution in [2.24, 2.45) is 5.73 Å². The lowest BCUT2D eigenvalue weighted by Crippen LogP contribution is -2.37. The number of halogens is 1. The molecule has 1 aromatic rings. The second kappa shape index (κ2) is 8.97. The molecule has 18 heavy (non-hydrogen) atoms. The van der Waals surface area contributed by atoms with Gasteiger partial charge in [0.05, 0.1) is 0 Å². The Bertz CT molecular complexity index is 346. The Balaban J connectivity index is 2.48. The maximum Gasteiger partial charge on any atom is 0.0234 e. The van der Waals surface area contributed by atoms with E-state index in [-0.39, 0.29) is 0 Å². The summed E-state index contributed by atoms with van der Waals surface area (Å²) in [6.07, 6.45) is 4.58. The molecule has 1 unspecified atom stereocenters. The van der Waals surface area contributed by atoms with Gasteiger partial charge in [0.1, 0.15) is 0 Å². The van der Waals surface area contributed by atoms with Crippen molar-refractivity contribution < 1.29 is 0 Å². The van der Waals surface area contributed by atoms with Gasteiger partial charge < -0.3 is 5.73 Å². The minimum atomic E-state index is 0.483. The highest BCUT2D eigenvalue weighted by atomic mass is 79.9. The lowest BCUT2D eigenvalue weighted by molar-refractivity contribution is 0.226. The van der Waals surface area contributed by atoms with Gasteiger partial charge in [-0.3, -0.25) is 4.90 Å². The van der Waals surface area contributed by atoms with Gasteiger partial charge in [0.25, 0.3) is 0 Å². The van der Waals surface area contributed by atoms with Crippen LogP contribution in [0.2, 0.25) is 0 Å². The average Bonchev–Trinajstić information content (AvgIpc) is 2.34. The molecule has 2 nitrogen and oxygen atoms in total. The van der Waals surface area contributed by atoms with E-state index < -0.39 is 0 Å². The van der Waals surface area contributed by atoms with Crippen LogP contribution in [0.3, 0.4) is 0 Å². The molecule has 0 aliphatic heterocycles. The molecule has 0 saturated heterocycles. The number of hydrogen-bond donors (Lipinski definition) is 1. The summed E-state index contributed by atoms with van der Waals surface area (Å²) in [5.74, 6) is 1.22. The van der Waals surface area contributed by atoms with Crippen LogP contribution in [0.1, 0.15) is 18.4 Å². The zero-order valence-electron chi connectivity index (χ0n) is 11.2. The maximum absolute atomic E-state index is 5.88. The molecule has 102 valence electrons. The highest BCUT2D eigenvalue weighted by molar-refractivity contribution is 9.10. The summed E-state index contributed by atoms with van der Waals surface area (Å²) in [6, 6.07) is 8.96. The topological polar surface area (TPSA) is 29.3 Å². The van der Waals surface area contributed by atoms with Crippen molar-refractivity contribution in [2.45, 2.75) is 25.4 Å². The Morgan fingerprint density at radius 1 is 1.44 bits per heavy atom. The molecule has 0 heterocycles. The van der Waals surface area contributed by atoms with E-state index in [4.69, 9.17) is 5.73 Å². The second-order valence-corrected chi connectivity index (χ2v) is 6.47. The van der Waals surface area contributed by atoms with Crippen LogP contribution in [0, 0.1) is 0 Å². The Labute approximate surface area is 123 Å². The number of rotatable bonds is 8. The van der Waals surface area contributed by atoms with Crippen molar-refractivity contribution in [3.05, 3.63) is 34.3 Å². The molecule has 0 aliphatic carbocycles. The Kier molecular flexibility index (Phi) is 7.98. The summed E-state index contributed by atoms with van der Waals surface area (Å²) < 4.78 is 1.14. The van der Waals surface area contributed by atoms with E-state index in [2.05, 4.69) is 58.4 Å². The molecular weight excluding hydrogens is 308 g/mol. The summed E-state index contributed by atoms with van der Waals surface area (Å²) in [4.78, 5) is 2.36. The van der Waals surface area contributed by atoms with Gasteiger partial charge in [0.2, 0.25) is 0 Å². The van der Waals surface area contributed by atoms with E-state index in [9.17, 15) is 0 Å². The van der Waals surface area contributed by atoms with Gasteiger partial charge in [0, 0.05) is 23.6 Å². The minimum Gasteiger partial charge on any atom is -0.329 e. The van der Waals surface area contributed by atoms with E-state index in [1.165, 1.54) is 24.2 Å².